The van der Waals surface area contributed by atoms with Crippen molar-refractivity contribution >= 4 is 18.2 Å². The molecule has 1 unspecified atom stereocenters. The van der Waals surface area contributed by atoms with Crippen molar-refractivity contribution in [3.05, 3.63) is 35.6 Å². The maximum absolute atomic E-state index is 5.54. The van der Waals surface area contributed by atoms with Crippen molar-refractivity contribution in [3.8, 4) is 0 Å². The second kappa shape index (κ2) is 3.66. The van der Waals surface area contributed by atoms with Gasteiger partial charge >= 0.3 is 0 Å². The zero-order chi connectivity index (χ0) is 9.97. The van der Waals surface area contributed by atoms with E-state index in [4.69, 9.17) is 4.42 Å². The molecule has 1 heterocycles. The summed E-state index contributed by atoms with van der Waals surface area (Å²) in [5, 5.41) is 0. The number of rotatable bonds is 1. The van der Waals surface area contributed by atoms with Crippen molar-refractivity contribution in [1.82, 2.24) is 4.98 Å². The summed E-state index contributed by atoms with van der Waals surface area (Å²) in [6.07, 6.45) is 12.0. The Bertz CT molecular complexity index is 378. The van der Waals surface area contributed by atoms with Crippen molar-refractivity contribution in [3.63, 3.8) is 0 Å². The van der Waals surface area contributed by atoms with Gasteiger partial charge in [0.1, 0.15) is 5.69 Å². The van der Waals surface area contributed by atoms with Crippen LogP contribution in [0.5, 0.6) is 0 Å². The van der Waals surface area contributed by atoms with E-state index in [9.17, 15) is 0 Å². The molecule has 1 aromatic rings. The van der Waals surface area contributed by atoms with Crippen molar-refractivity contribution < 1.29 is 4.42 Å². The second-order valence-electron chi connectivity index (χ2n) is 3.38. The second-order valence-corrected chi connectivity index (χ2v) is 3.38. The third-order valence-corrected chi connectivity index (χ3v) is 2.12. The molecule has 0 saturated heterocycles. The van der Waals surface area contributed by atoms with E-state index in [-0.39, 0.29) is 0 Å². The lowest BCUT2D eigenvalue weighted by atomic mass is 10.2. The summed E-state index contributed by atoms with van der Waals surface area (Å²) >= 11 is 0. The first-order valence-corrected chi connectivity index (χ1v) is 4.79. The van der Waals surface area contributed by atoms with Gasteiger partial charge in [-0.05, 0) is 31.1 Å². The van der Waals surface area contributed by atoms with Crippen molar-refractivity contribution in [1.29, 1.82) is 0 Å². The van der Waals surface area contributed by atoms with E-state index in [1.807, 2.05) is 31.2 Å². The van der Waals surface area contributed by atoms with Crippen LogP contribution in [-0.2, 0) is 0 Å². The first kappa shape index (κ1) is 9.00. The maximum atomic E-state index is 5.54. The van der Waals surface area contributed by atoms with Gasteiger partial charge in [-0.1, -0.05) is 25.2 Å². The standard InChI is InChI=1S/C12H13NO/c1-3-4-12-13-10-7-5-9(2)6-8-11(10)14-12/h3-9H,1-2H3/b4-3+. The molecule has 0 aliphatic heterocycles. The number of hydrogen-bond acceptors (Lipinski definition) is 2. The molecular weight excluding hydrogens is 174 g/mol. The third kappa shape index (κ3) is 1.69. The Balaban J connectivity index is 2.41. The van der Waals surface area contributed by atoms with Crippen LogP contribution in [0.25, 0.3) is 18.2 Å². The Labute approximate surface area is 83.7 Å². The molecule has 72 valence electrons. The van der Waals surface area contributed by atoms with Gasteiger partial charge in [0.15, 0.2) is 5.76 Å². The molecule has 2 nitrogen and oxygen atoms in total. The Kier molecular flexibility index (Phi) is 2.35. The van der Waals surface area contributed by atoms with Gasteiger partial charge in [-0.3, -0.25) is 0 Å². The molecule has 2 heteroatoms. The zero-order valence-corrected chi connectivity index (χ0v) is 8.40. The smallest absolute Gasteiger partial charge is 0.219 e. The fourth-order valence-corrected chi connectivity index (χ4v) is 1.36. The Morgan fingerprint density at radius 1 is 1.36 bits per heavy atom. The monoisotopic (exact) mass is 187 g/mol. The van der Waals surface area contributed by atoms with E-state index < -0.39 is 0 Å². The minimum Gasteiger partial charge on any atom is -0.437 e. The molecule has 0 amide bonds. The predicted octanol–water partition coefficient (Wildman–Crippen LogP) is 3.38. The Hall–Kier alpha value is -1.57. The third-order valence-electron chi connectivity index (χ3n) is 2.12. The van der Waals surface area contributed by atoms with Crippen molar-refractivity contribution in [2.45, 2.75) is 13.8 Å². The maximum Gasteiger partial charge on any atom is 0.219 e. The molecule has 1 atom stereocenters. The van der Waals surface area contributed by atoms with Crippen LogP contribution < -0.4 is 0 Å². The lowest BCUT2D eigenvalue weighted by molar-refractivity contribution is 0.536. The highest BCUT2D eigenvalue weighted by molar-refractivity contribution is 5.62. The first-order chi connectivity index (χ1) is 6.79. The Morgan fingerprint density at radius 2 is 2.14 bits per heavy atom. The molecule has 0 spiro atoms. The highest BCUT2D eigenvalue weighted by Gasteiger charge is 2.09. The Morgan fingerprint density at radius 3 is 2.93 bits per heavy atom. The number of fused-ring (bicyclic) bond motifs is 1. The van der Waals surface area contributed by atoms with Gasteiger partial charge in [0.2, 0.25) is 5.89 Å². The van der Waals surface area contributed by atoms with Gasteiger partial charge in [-0.2, -0.15) is 0 Å². The summed E-state index contributed by atoms with van der Waals surface area (Å²) in [4.78, 5) is 4.34. The number of hydrogen-bond donors (Lipinski definition) is 0. The summed E-state index contributed by atoms with van der Waals surface area (Å²) in [5.74, 6) is 1.96. The molecule has 2 rings (SSSR count). The summed E-state index contributed by atoms with van der Waals surface area (Å²) in [7, 11) is 0. The van der Waals surface area contributed by atoms with E-state index in [2.05, 4.69) is 24.1 Å². The van der Waals surface area contributed by atoms with Crippen LogP contribution in [0.4, 0.5) is 0 Å². The SMILES string of the molecule is C/C=C/c1nc2c(o1)C=CC(C)C=C2. The van der Waals surface area contributed by atoms with Gasteiger partial charge in [0.25, 0.3) is 0 Å². The number of allylic oxidation sites excluding steroid dienone is 3. The van der Waals surface area contributed by atoms with Gasteiger partial charge in [0.05, 0.1) is 0 Å². The minimum atomic E-state index is 0.449. The molecule has 0 bridgehead atoms. The summed E-state index contributed by atoms with van der Waals surface area (Å²) < 4.78 is 5.54. The van der Waals surface area contributed by atoms with Crippen LogP contribution in [0.15, 0.2) is 22.6 Å². The summed E-state index contributed by atoms with van der Waals surface area (Å²) in [6.45, 7) is 4.08. The number of aromatic nitrogens is 1. The lowest BCUT2D eigenvalue weighted by Gasteiger charge is -1.91. The minimum absolute atomic E-state index is 0.449. The summed E-state index contributed by atoms with van der Waals surface area (Å²) in [5.41, 5.74) is 0.915. The van der Waals surface area contributed by atoms with Crippen molar-refractivity contribution in [2.24, 2.45) is 5.92 Å². The molecule has 1 aromatic heterocycles. The van der Waals surface area contributed by atoms with Crippen molar-refractivity contribution in [2.75, 3.05) is 0 Å². The van der Waals surface area contributed by atoms with Gasteiger partial charge < -0.3 is 4.42 Å². The number of nitrogens with zero attached hydrogens (tertiary/aromatic N) is 1. The van der Waals surface area contributed by atoms with E-state index in [0.29, 0.717) is 11.8 Å². The van der Waals surface area contributed by atoms with Gasteiger partial charge in [0, 0.05) is 0 Å². The molecular formula is C12H13NO. The van der Waals surface area contributed by atoms with Gasteiger partial charge in [-0.25, -0.2) is 4.98 Å². The highest BCUT2D eigenvalue weighted by Crippen LogP contribution is 2.20. The molecule has 0 radical (unpaired) electrons. The highest BCUT2D eigenvalue weighted by atomic mass is 16.4. The normalized spacial score (nSPS) is 20.0. The predicted molar refractivity (Wildman–Crippen MR) is 58.4 cm³/mol. The lowest BCUT2D eigenvalue weighted by Crippen LogP contribution is -1.78. The molecule has 0 aromatic carbocycles. The zero-order valence-electron chi connectivity index (χ0n) is 8.40. The van der Waals surface area contributed by atoms with E-state index >= 15 is 0 Å². The van der Waals surface area contributed by atoms with Crippen LogP contribution in [0.3, 0.4) is 0 Å². The van der Waals surface area contributed by atoms with E-state index in [1.165, 1.54) is 0 Å². The van der Waals surface area contributed by atoms with E-state index in [0.717, 1.165) is 11.5 Å². The van der Waals surface area contributed by atoms with E-state index in [1.54, 1.807) is 0 Å². The quantitative estimate of drug-likeness (QED) is 0.673. The molecule has 1 aliphatic carbocycles. The average Bonchev–Trinajstić information content (AvgIpc) is 2.47. The van der Waals surface area contributed by atoms with Crippen LogP contribution in [0.2, 0.25) is 0 Å². The fourth-order valence-electron chi connectivity index (χ4n) is 1.36. The molecule has 1 aliphatic rings. The average molecular weight is 187 g/mol. The largest absolute Gasteiger partial charge is 0.437 e. The fraction of sp³-hybridized carbons (Fsp3) is 0.250. The molecule has 0 saturated carbocycles. The van der Waals surface area contributed by atoms with Crippen LogP contribution in [0.1, 0.15) is 31.2 Å². The molecule has 14 heavy (non-hydrogen) atoms. The molecule has 0 fully saturated rings. The first-order valence-electron chi connectivity index (χ1n) is 4.79. The topological polar surface area (TPSA) is 26.0 Å². The van der Waals surface area contributed by atoms with Crippen LogP contribution in [-0.4, -0.2) is 4.98 Å². The van der Waals surface area contributed by atoms with Gasteiger partial charge in [-0.15, -0.1) is 0 Å². The summed E-state index contributed by atoms with van der Waals surface area (Å²) in [6, 6.07) is 0. The number of oxazole rings is 1. The van der Waals surface area contributed by atoms with Crippen LogP contribution >= 0.6 is 0 Å². The molecule has 0 N–H and O–H groups in total. The van der Waals surface area contributed by atoms with Crippen LogP contribution in [0, 0.1) is 5.92 Å².